The Balaban J connectivity index is 1.93. The first-order valence-corrected chi connectivity index (χ1v) is 7.53. The van der Waals surface area contributed by atoms with E-state index in [9.17, 15) is 4.79 Å². The van der Waals surface area contributed by atoms with Crippen molar-refractivity contribution >= 4 is 5.91 Å². The molecule has 0 spiro atoms. The molecule has 0 bridgehead atoms. The highest BCUT2D eigenvalue weighted by Gasteiger charge is 2.39. The smallest absolute Gasteiger partial charge is 0.251 e. The summed E-state index contributed by atoms with van der Waals surface area (Å²) < 4.78 is 16.2. The lowest BCUT2D eigenvalue weighted by Crippen LogP contribution is -2.46. The maximum atomic E-state index is 12.4. The van der Waals surface area contributed by atoms with Gasteiger partial charge in [0, 0.05) is 13.0 Å². The van der Waals surface area contributed by atoms with Crippen LogP contribution in [0, 0.1) is 0 Å². The van der Waals surface area contributed by atoms with Gasteiger partial charge in [0.25, 0.3) is 5.91 Å². The minimum Gasteiger partial charge on any atom is -0.493 e. The van der Waals surface area contributed by atoms with Crippen LogP contribution < -0.4 is 9.47 Å². The van der Waals surface area contributed by atoms with Crippen molar-refractivity contribution in [2.45, 2.75) is 38.5 Å². The zero-order chi connectivity index (χ0) is 15.7. The first-order chi connectivity index (χ1) is 10.7. The van der Waals surface area contributed by atoms with Crippen molar-refractivity contribution < 1.29 is 23.8 Å². The fourth-order valence-corrected chi connectivity index (χ4v) is 3.12. The van der Waals surface area contributed by atoms with Crippen LogP contribution in [0.4, 0.5) is 0 Å². The number of hydroxylamine groups is 2. The molecule has 6 nitrogen and oxygen atoms in total. The van der Waals surface area contributed by atoms with E-state index in [4.69, 9.17) is 19.0 Å². The molecule has 1 amide bonds. The Kier molecular flexibility index (Phi) is 4.22. The number of nitrogens with zero attached hydrogens (tertiary/aromatic N) is 1. The fourth-order valence-electron chi connectivity index (χ4n) is 3.12. The molecule has 2 heterocycles. The summed E-state index contributed by atoms with van der Waals surface area (Å²) in [6.07, 6.45) is 1.52. The maximum Gasteiger partial charge on any atom is 0.251 e. The SMILES string of the molecule is CCO[C@@H]1CC[C@@H]2c3cc(OC)c(OC)cc3CC(=O)N2O1. The molecule has 1 saturated heterocycles. The van der Waals surface area contributed by atoms with Crippen molar-refractivity contribution in [2.75, 3.05) is 20.8 Å². The number of ether oxygens (including phenoxy) is 3. The van der Waals surface area contributed by atoms with E-state index in [2.05, 4.69) is 0 Å². The Hall–Kier alpha value is -1.79. The predicted octanol–water partition coefficient (Wildman–Crippen LogP) is 2.22. The summed E-state index contributed by atoms with van der Waals surface area (Å²) in [5.74, 6) is 1.27. The fraction of sp³-hybridized carbons (Fsp3) is 0.562. The van der Waals surface area contributed by atoms with Crippen LogP contribution in [0.5, 0.6) is 11.5 Å². The number of rotatable bonds is 4. The normalized spacial score (nSPS) is 23.8. The first-order valence-electron chi connectivity index (χ1n) is 7.53. The number of methoxy groups -OCH3 is 2. The van der Waals surface area contributed by atoms with Gasteiger partial charge in [-0.25, -0.2) is 9.90 Å². The second kappa shape index (κ2) is 6.14. The number of carbonyl (C=O) groups is 1. The first kappa shape index (κ1) is 15.1. The summed E-state index contributed by atoms with van der Waals surface area (Å²) in [6.45, 7) is 2.49. The number of fused-ring (bicyclic) bond motifs is 3. The number of hydrogen-bond acceptors (Lipinski definition) is 5. The Morgan fingerprint density at radius 3 is 2.64 bits per heavy atom. The third-order valence-corrected chi connectivity index (χ3v) is 4.13. The minimum atomic E-state index is -0.341. The highest BCUT2D eigenvalue weighted by Crippen LogP contribution is 2.42. The molecular weight excluding hydrogens is 286 g/mol. The van der Waals surface area contributed by atoms with Crippen molar-refractivity contribution in [3.63, 3.8) is 0 Å². The molecule has 0 aromatic heterocycles. The lowest BCUT2D eigenvalue weighted by atomic mass is 9.89. The summed E-state index contributed by atoms with van der Waals surface area (Å²) in [7, 11) is 3.20. The molecule has 0 radical (unpaired) electrons. The highest BCUT2D eigenvalue weighted by atomic mass is 16.8. The number of amides is 1. The summed E-state index contributed by atoms with van der Waals surface area (Å²) >= 11 is 0. The van der Waals surface area contributed by atoms with Crippen molar-refractivity contribution in [3.8, 4) is 11.5 Å². The third-order valence-electron chi connectivity index (χ3n) is 4.13. The van der Waals surface area contributed by atoms with Gasteiger partial charge in [-0.2, -0.15) is 0 Å². The minimum absolute atomic E-state index is 0.0471. The molecule has 0 aliphatic carbocycles. The predicted molar refractivity (Wildman–Crippen MR) is 78.6 cm³/mol. The average Bonchev–Trinajstić information content (AvgIpc) is 2.54. The third kappa shape index (κ3) is 2.53. The van der Waals surface area contributed by atoms with E-state index in [0.717, 1.165) is 24.0 Å². The second-order valence-electron chi connectivity index (χ2n) is 5.39. The van der Waals surface area contributed by atoms with Crippen LogP contribution in [-0.2, 0) is 20.8 Å². The van der Waals surface area contributed by atoms with Crippen LogP contribution in [0.15, 0.2) is 12.1 Å². The van der Waals surface area contributed by atoms with Crippen LogP contribution in [0.3, 0.4) is 0 Å². The van der Waals surface area contributed by atoms with Gasteiger partial charge in [0.05, 0.1) is 26.7 Å². The van der Waals surface area contributed by atoms with E-state index in [-0.39, 0.29) is 18.2 Å². The molecule has 1 fully saturated rings. The molecule has 120 valence electrons. The molecule has 3 rings (SSSR count). The summed E-state index contributed by atoms with van der Waals surface area (Å²) in [4.78, 5) is 18.1. The molecule has 0 saturated carbocycles. The van der Waals surface area contributed by atoms with Gasteiger partial charge in [-0.15, -0.1) is 0 Å². The topological polar surface area (TPSA) is 57.2 Å². The zero-order valence-corrected chi connectivity index (χ0v) is 13.1. The van der Waals surface area contributed by atoms with Gasteiger partial charge < -0.3 is 14.2 Å². The zero-order valence-electron chi connectivity index (χ0n) is 13.1. The van der Waals surface area contributed by atoms with Crippen molar-refractivity contribution in [2.24, 2.45) is 0 Å². The molecule has 6 heteroatoms. The van der Waals surface area contributed by atoms with Crippen LogP contribution in [0.1, 0.15) is 36.9 Å². The largest absolute Gasteiger partial charge is 0.493 e. The Bertz CT molecular complexity index is 574. The van der Waals surface area contributed by atoms with Gasteiger partial charge in [-0.1, -0.05) is 0 Å². The second-order valence-corrected chi connectivity index (χ2v) is 5.39. The van der Waals surface area contributed by atoms with Gasteiger partial charge in [0.15, 0.2) is 17.8 Å². The lowest BCUT2D eigenvalue weighted by Gasteiger charge is -2.42. The summed E-state index contributed by atoms with van der Waals surface area (Å²) in [6, 6.07) is 3.74. The van der Waals surface area contributed by atoms with Gasteiger partial charge in [-0.3, -0.25) is 4.79 Å². The lowest BCUT2D eigenvalue weighted by molar-refractivity contribution is -0.308. The molecule has 22 heavy (non-hydrogen) atoms. The number of benzene rings is 1. The molecule has 1 aromatic rings. The van der Waals surface area contributed by atoms with Gasteiger partial charge in [0.2, 0.25) is 0 Å². The molecule has 2 aliphatic rings. The van der Waals surface area contributed by atoms with Crippen molar-refractivity contribution in [1.29, 1.82) is 0 Å². The van der Waals surface area contributed by atoms with Crippen molar-refractivity contribution in [1.82, 2.24) is 5.06 Å². The molecule has 2 atom stereocenters. The van der Waals surface area contributed by atoms with Crippen LogP contribution in [0.25, 0.3) is 0 Å². The van der Waals surface area contributed by atoms with E-state index < -0.39 is 0 Å². The maximum absolute atomic E-state index is 12.4. The average molecular weight is 307 g/mol. The number of hydrogen-bond donors (Lipinski definition) is 0. The van der Waals surface area contributed by atoms with E-state index in [1.807, 2.05) is 19.1 Å². The highest BCUT2D eigenvalue weighted by molar-refractivity contribution is 5.81. The Labute approximate surface area is 129 Å². The van der Waals surface area contributed by atoms with E-state index >= 15 is 0 Å². The van der Waals surface area contributed by atoms with E-state index in [0.29, 0.717) is 24.5 Å². The van der Waals surface area contributed by atoms with Crippen LogP contribution in [-0.4, -0.2) is 38.1 Å². The molecule has 2 aliphatic heterocycles. The van der Waals surface area contributed by atoms with Crippen molar-refractivity contribution in [3.05, 3.63) is 23.3 Å². The van der Waals surface area contributed by atoms with E-state index in [1.165, 1.54) is 5.06 Å². The monoisotopic (exact) mass is 307 g/mol. The van der Waals surface area contributed by atoms with Gasteiger partial charge >= 0.3 is 0 Å². The van der Waals surface area contributed by atoms with Crippen LogP contribution >= 0.6 is 0 Å². The van der Waals surface area contributed by atoms with Gasteiger partial charge in [-0.05, 0) is 36.6 Å². The van der Waals surface area contributed by atoms with Crippen LogP contribution in [0.2, 0.25) is 0 Å². The molecular formula is C16H21NO5. The standard InChI is InChI=1S/C16H21NO5/c1-4-21-16-6-5-12-11-9-14(20-3)13(19-2)7-10(11)8-15(18)17(12)22-16/h7,9,12,16H,4-6,8H2,1-3H3/t12-,16+/m1/s1. The molecule has 1 aromatic carbocycles. The molecule has 0 N–H and O–H groups in total. The number of carbonyl (C=O) groups excluding carboxylic acids is 1. The molecule has 0 unspecified atom stereocenters. The summed E-state index contributed by atoms with van der Waals surface area (Å²) in [5, 5.41) is 1.47. The summed E-state index contributed by atoms with van der Waals surface area (Å²) in [5.41, 5.74) is 2.04. The van der Waals surface area contributed by atoms with E-state index in [1.54, 1.807) is 14.2 Å². The van der Waals surface area contributed by atoms with Gasteiger partial charge in [0.1, 0.15) is 0 Å². The Morgan fingerprint density at radius 1 is 1.23 bits per heavy atom. The Morgan fingerprint density at radius 2 is 1.95 bits per heavy atom. The quantitative estimate of drug-likeness (QED) is 0.853.